The number of β-amino-alcohol motifs (C(OH)–C–C–N with tert-alkyl or cyclic N) is 1. The smallest absolute Gasteiger partial charge is 0.128 e. The van der Waals surface area contributed by atoms with Crippen molar-refractivity contribution in [1.29, 1.82) is 5.26 Å². The van der Waals surface area contributed by atoms with Crippen molar-refractivity contribution < 1.29 is 9.84 Å². The van der Waals surface area contributed by atoms with E-state index >= 15 is 0 Å². The third-order valence-corrected chi connectivity index (χ3v) is 4.23. The zero-order chi connectivity index (χ0) is 17.5. The van der Waals surface area contributed by atoms with Gasteiger partial charge in [-0.15, -0.1) is 0 Å². The molecule has 0 radical (unpaired) electrons. The number of nitriles is 1. The van der Waals surface area contributed by atoms with Crippen molar-refractivity contribution in [2.75, 3.05) is 44.2 Å². The van der Waals surface area contributed by atoms with Gasteiger partial charge in [-0.2, -0.15) is 5.26 Å². The maximum atomic E-state index is 10.2. The SMILES string of the molecule is N#Cc1ccc(N2CCN(C[C@@H](O)COc3ccccc3)CC2)nc1. The molecule has 1 atom stereocenters. The number of aliphatic hydroxyl groups excluding tert-OH is 1. The van der Waals surface area contributed by atoms with Crippen molar-refractivity contribution in [1.82, 2.24) is 9.88 Å². The van der Waals surface area contributed by atoms with Crippen LogP contribution in [-0.4, -0.2) is 60.4 Å². The molecule has 1 fully saturated rings. The number of aliphatic hydroxyl groups is 1. The van der Waals surface area contributed by atoms with E-state index in [9.17, 15) is 5.11 Å². The van der Waals surface area contributed by atoms with Crippen LogP contribution in [0.25, 0.3) is 0 Å². The van der Waals surface area contributed by atoms with Gasteiger partial charge in [0, 0.05) is 38.9 Å². The molecule has 1 aliphatic rings. The zero-order valence-electron chi connectivity index (χ0n) is 14.1. The lowest BCUT2D eigenvalue weighted by atomic mass is 10.2. The van der Waals surface area contributed by atoms with Gasteiger partial charge in [0.2, 0.25) is 0 Å². The van der Waals surface area contributed by atoms with Crippen LogP contribution in [0.1, 0.15) is 5.56 Å². The number of ether oxygens (including phenoxy) is 1. The Morgan fingerprint density at radius 3 is 2.52 bits per heavy atom. The van der Waals surface area contributed by atoms with Gasteiger partial charge >= 0.3 is 0 Å². The molecule has 130 valence electrons. The lowest BCUT2D eigenvalue weighted by molar-refractivity contribution is 0.0662. The van der Waals surface area contributed by atoms with Crippen molar-refractivity contribution in [3.8, 4) is 11.8 Å². The second kappa shape index (κ2) is 8.47. The van der Waals surface area contributed by atoms with E-state index in [1.165, 1.54) is 0 Å². The molecule has 0 saturated carbocycles. The lowest BCUT2D eigenvalue weighted by Gasteiger charge is -2.36. The first kappa shape index (κ1) is 17.2. The number of nitrogens with zero attached hydrogens (tertiary/aromatic N) is 4. The maximum absolute atomic E-state index is 10.2. The van der Waals surface area contributed by atoms with Crippen LogP contribution in [0.2, 0.25) is 0 Å². The number of benzene rings is 1. The normalized spacial score (nSPS) is 16.2. The Morgan fingerprint density at radius 2 is 1.88 bits per heavy atom. The van der Waals surface area contributed by atoms with Gasteiger partial charge in [0.1, 0.15) is 30.3 Å². The van der Waals surface area contributed by atoms with Crippen LogP contribution in [0.4, 0.5) is 5.82 Å². The van der Waals surface area contributed by atoms with Crippen molar-refractivity contribution in [2.45, 2.75) is 6.10 Å². The molecule has 0 aliphatic carbocycles. The molecular formula is C19H22N4O2. The van der Waals surface area contributed by atoms with E-state index in [4.69, 9.17) is 10.00 Å². The first-order valence-electron chi connectivity index (χ1n) is 8.44. The van der Waals surface area contributed by atoms with Gasteiger partial charge in [0.05, 0.1) is 5.56 Å². The molecule has 25 heavy (non-hydrogen) atoms. The second-order valence-corrected chi connectivity index (χ2v) is 6.08. The summed E-state index contributed by atoms with van der Waals surface area (Å²) in [5, 5.41) is 19.0. The van der Waals surface area contributed by atoms with Crippen molar-refractivity contribution >= 4 is 5.82 Å². The minimum Gasteiger partial charge on any atom is -0.491 e. The number of rotatable bonds is 6. The molecule has 2 aromatic rings. The van der Waals surface area contributed by atoms with E-state index in [1.807, 2.05) is 36.4 Å². The Bertz CT molecular complexity index is 692. The summed E-state index contributed by atoms with van der Waals surface area (Å²) in [6, 6.07) is 15.3. The minimum absolute atomic E-state index is 0.293. The average Bonchev–Trinajstić information content (AvgIpc) is 2.68. The maximum Gasteiger partial charge on any atom is 0.128 e. The van der Waals surface area contributed by atoms with E-state index in [2.05, 4.69) is 20.9 Å². The highest BCUT2D eigenvalue weighted by molar-refractivity contribution is 5.42. The standard InChI is InChI=1S/C19H22N4O2/c20-12-16-6-7-19(21-13-16)23-10-8-22(9-11-23)14-17(24)15-25-18-4-2-1-3-5-18/h1-7,13,17,24H,8-11,14-15H2/t17-/m1/s1. The highest BCUT2D eigenvalue weighted by Gasteiger charge is 2.20. The van der Waals surface area contributed by atoms with Crippen LogP contribution in [0, 0.1) is 11.3 Å². The first-order valence-corrected chi connectivity index (χ1v) is 8.44. The molecule has 6 nitrogen and oxygen atoms in total. The fourth-order valence-corrected chi connectivity index (χ4v) is 2.86. The molecule has 0 amide bonds. The Labute approximate surface area is 147 Å². The number of para-hydroxylation sites is 1. The summed E-state index contributed by atoms with van der Waals surface area (Å²) >= 11 is 0. The Kier molecular flexibility index (Phi) is 5.83. The minimum atomic E-state index is -0.514. The van der Waals surface area contributed by atoms with E-state index < -0.39 is 6.10 Å². The topological polar surface area (TPSA) is 72.6 Å². The monoisotopic (exact) mass is 338 g/mol. The van der Waals surface area contributed by atoms with Crippen LogP contribution in [0.15, 0.2) is 48.7 Å². The molecule has 0 unspecified atom stereocenters. The first-order chi connectivity index (χ1) is 12.2. The number of piperazine rings is 1. The summed E-state index contributed by atoms with van der Waals surface area (Å²) in [6.07, 6.45) is 1.09. The zero-order valence-corrected chi connectivity index (χ0v) is 14.1. The van der Waals surface area contributed by atoms with Gasteiger partial charge in [-0.3, -0.25) is 4.90 Å². The largest absolute Gasteiger partial charge is 0.491 e. The number of anilines is 1. The lowest BCUT2D eigenvalue weighted by Crippen LogP contribution is -2.49. The van der Waals surface area contributed by atoms with Gasteiger partial charge in [-0.05, 0) is 24.3 Å². The van der Waals surface area contributed by atoms with Gasteiger partial charge in [-0.1, -0.05) is 18.2 Å². The molecule has 0 bridgehead atoms. The molecule has 1 N–H and O–H groups in total. The third kappa shape index (κ3) is 4.92. The Balaban J connectivity index is 1.42. The molecular weight excluding hydrogens is 316 g/mol. The summed E-state index contributed by atoms with van der Waals surface area (Å²) in [5.74, 6) is 1.67. The van der Waals surface area contributed by atoms with Crippen LogP contribution in [0.5, 0.6) is 5.75 Å². The molecule has 1 saturated heterocycles. The third-order valence-electron chi connectivity index (χ3n) is 4.23. The fourth-order valence-electron chi connectivity index (χ4n) is 2.86. The van der Waals surface area contributed by atoms with Crippen molar-refractivity contribution in [3.05, 3.63) is 54.2 Å². The molecule has 1 aliphatic heterocycles. The summed E-state index contributed by atoms with van der Waals surface area (Å²) in [7, 11) is 0. The van der Waals surface area contributed by atoms with Gasteiger partial charge < -0.3 is 14.7 Å². The van der Waals surface area contributed by atoms with Gasteiger partial charge in [-0.25, -0.2) is 4.98 Å². The highest BCUT2D eigenvalue weighted by Crippen LogP contribution is 2.14. The molecule has 6 heteroatoms. The second-order valence-electron chi connectivity index (χ2n) is 6.08. The van der Waals surface area contributed by atoms with E-state index in [-0.39, 0.29) is 0 Å². The number of hydrogen-bond acceptors (Lipinski definition) is 6. The summed E-state index contributed by atoms with van der Waals surface area (Å²) < 4.78 is 5.60. The molecule has 2 heterocycles. The molecule has 3 rings (SSSR count). The van der Waals surface area contributed by atoms with Gasteiger partial charge in [0.25, 0.3) is 0 Å². The predicted molar refractivity (Wildman–Crippen MR) is 95.5 cm³/mol. The summed E-state index contributed by atoms with van der Waals surface area (Å²) in [6.45, 7) is 4.33. The fraction of sp³-hybridized carbons (Fsp3) is 0.368. The number of pyridine rings is 1. The predicted octanol–water partition coefficient (Wildman–Crippen LogP) is 1.52. The van der Waals surface area contributed by atoms with Gasteiger partial charge in [0.15, 0.2) is 0 Å². The highest BCUT2D eigenvalue weighted by atomic mass is 16.5. The van der Waals surface area contributed by atoms with Crippen molar-refractivity contribution in [3.63, 3.8) is 0 Å². The molecule has 1 aromatic heterocycles. The van der Waals surface area contributed by atoms with Crippen LogP contribution in [-0.2, 0) is 0 Å². The van der Waals surface area contributed by atoms with Crippen LogP contribution >= 0.6 is 0 Å². The van der Waals surface area contributed by atoms with Crippen LogP contribution < -0.4 is 9.64 Å². The van der Waals surface area contributed by atoms with E-state index in [1.54, 1.807) is 12.3 Å². The Morgan fingerprint density at radius 1 is 1.12 bits per heavy atom. The van der Waals surface area contributed by atoms with Crippen molar-refractivity contribution in [2.24, 2.45) is 0 Å². The molecule has 0 spiro atoms. The van der Waals surface area contributed by atoms with Crippen LogP contribution in [0.3, 0.4) is 0 Å². The van der Waals surface area contributed by atoms with E-state index in [0.29, 0.717) is 18.7 Å². The summed E-state index contributed by atoms with van der Waals surface area (Å²) in [5.41, 5.74) is 0.573. The summed E-state index contributed by atoms with van der Waals surface area (Å²) in [4.78, 5) is 8.77. The quantitative estimate of drug-likeness (QED) is 0.861. The van der Waals surface area contributed by atoms with E-state index in [0.717, 1.165) is 37.7 Å². The Hall–Kier alpha value is -2.62. The molecule has 1 aromatic carbocycles. The number of aromatic nitrogens is 1. The average molecular weight is 338 g/mol. The number of hydrogen-bond donors (Lipinski definition) is 1.